The Morgan fingerprint density at radius 1 is 1.53 bits per heavy atom. The largest absolute Gasteiger partial charge is 0.476 e. The van der Waals surface area contributed by atoms with E-state index in [1.165, 1.54) is 6.42 Å². The molecule has 1 atom stereocenters. The van der Waals surface area contributed by atoms with Crippen molar-refractivity contribution in [3.8, 4) is 5.88 Å². The second-order valence-corrected chi connectivity index (χ2v) is 4.96. The van der Waals surface area contributed by atoms with Crippen LogP contribution in [0.25, 0.3) is 0 Å². The zero-order chi connectivity index (χ0) is 13.7. The standard InChI is InChI=1S/C14H23N3O2/c1-2-19-14-12(15)5-6-13(16-14)17-8-3-4-11(10-17)7-9-18/h5-6,11,18H,2-4,7-10,15H2,1H3. The molecule has 0 aromatic carbocycles. The van der Waals surface area contributed by atoms with Gasteiger partial charge < -0.3 is 20.5 Å². The molecule has 19 heavy (non-hydrogen) atoms. The topological polar surface area (TPSA) is 71.6 Å². The molecule has 0 radical (unpaired) electrons. The van der Waals surface area contributed by atoms with E-state index in [1.54, 1.807) is 0 Å². The van der Waals surface area contributed by atoms with Crippen LogP contribution in [0.4, 0.5) is 11.5 Å². The molecule has 1 aliphatic rings. The van der Waals surface area contributed by atoms with Crippen LogP contribution in [0.1, 0.15) is 26.2 Å². The molecule has 106 valence electrons. The number of nitrogen functional groups attached to an aromatic ring is 1. The predicted molar refractivity (Wildman–Crippen MR) is 76.5 cm³/mol. The smallest absolute Gasteiger partial charge is 0.239 e. The number of rotatable bonds is 5. The van der Waals surface area contributed by atoms with Crippen LogP contribution in [0.3, 0.4) is 0 Å². The molecule has 0 aliphatic carbocycles. The van der Waals surface area contributed by atoms with Gasteiger partial charge in [-0.2, -0.15) is 4.98 Å². The second kappa shape index (κ2) is 6.61. The van der Waals surface area contributed by atoms with Gasteiger partial charge in [0.25, 0.3) is 0 Å². The molecule has 0 spiro atoms. The predicted octanol–water partition coefficient (Wildman–Crippen LogP) is 1.66. The molecule has 5 heteroatoms. The van der Waals surface area contributed by atoms with Gasteiger partial charge in [-0.15, -0.1) is 0 Å². The monoisotopic (exact) mass is 265 g/mol. The number of anilines is 2. The Morgan fingerprint density at radius 3 is 3.11 bits per heavy atom. The fraction of sp³-hybridized carbons (Fsp3) is 0.643. The maximum atomic E-state index is 9.06. The zero-order valence-electron chi connectivity index (χ0n) is 11.5. The van der Waals surface area contributed by atoms with Crippen molar-refractivity contribution in [2.45, 2.75) is 26.2 Å². The van der Waals surface area contributed by atoms with Crippen molar-refractivity contribution < 1.29 is 9.84 Å². The number of aromatic nitrogens is 1. The number of aliphatic hydroxyl groups excluding tert-OH is 1. The first-order valence-corrected chi connectivity index (χ1v) is 6.99. The van der Waals surface area contributed by atoms with Crippen LogP contribution in [0.2, 0.25) is 0 Å². The summed E-state index contributed by atoms with van der Waals surface area (Å²) in [4.78, 5) is 6.75. The maximum Gasteiger partial charge on any atom is 0.239 e. The number of hydrogen-bond acceptors (Lipinski definition) is 5. The van der Waals surface area contributed by atoms with Gasteiger partial charge in [-0.1, -0.05) is 0 Å². The third kappa shape index (κ3) is 3.50. The van der Waals surface area contributed by atoms with E-state index in [4.69, 9.17) is 15.6 Å². The van der Waals surface area contributed by atoms with E-state index < -0.39 is 0 Å². The summed E-state index contributed by atoms with van der Waals surface area (Å²) in [7, 11) is 0. The summed E-state index contributed by atoms with van der Waals surface area (Å²) >= 11 is 0. The highest BCUT2D eigenvalue weighted by atomic mass is 16.5. The normalized spacial score (nSPS) is 19.5. The summed E-state index contributed by atoms with van der Waals surface area (Å²) in [6.07, 6.45) is 3.19. The van der Waals surface area contributed by atoms with E-state index >= 15 is 0 Å². The molecule has 1 unspecified atom stereocenters. The van der Waals surface area contributed by atoms with Crippen LogP contribution in [0.15, 0.2) is 12.1 Å². The lowest BCUT2D eigenvalue weighted by atomic mass is 9.95. The van der Waals surface area contributed by atoms with Crippen molar-refractivity contribution in [3.05, 3.63) is 12.1 Å². The summed E-state index contributed by atoms with van der Waals surface area (Å²) in [5.74, 6) is 1.98. The van der Waals surface area contributed by atoms with E-state index in [9.17, 15) is 0 Å². The van der Waals surface area contributed by atoms with Gasteiger partial charge in [0.1, 0.15) is 5.82 Å². The van der Waals surface area contributed by atoms with Crippen LogP contribution in [-0.4, -0.2) is 36.4 Å². The highest BCUT2D eigenvalue weighted by Gasteiger charge is 2.21. The Hall–Kier alpha value is -1.49. The number of nitrogens with two attached hydrogens (primary N) is 1. The third-order valence-corrected chi connectivity index (χ3v) is 3.54. The van der Waals surface area contributed by atoms with E-state index in [0.29, 0.717) is 24.1 Å². The minimum absolute atomic E-state index is 0.262. The Bertz CT molecular complexity index is 410. The Balaban J connectivity index is 2.10. The van der Waals surface area contributed by atoms with Gasteiger partial charge >= 0.3 is 0 Å². The lowest BCUT2D eigenvalue weighted by Gasteiger charge is -2.33. The molecule has 2 heterocycles. The Kier molecular flexibility index (Phi) is 4.85. The lowest BCUT2D eigenvalue weighted by molar-refractivity contribution is 0.244. The molecule has 3 N–H and O–H groups in total. The van der Waals surface area contributed by atoms with E-state index in [2.05, 4.69) is 9.88 Å². The molecule has 1 aromatic heterocycles. The fourth-order valence-corrected chi connectivity index (χ4v) is 2.56. The van der Waals surface area contributed by atoms with Crippen molar-refractivity contribution in [1.82, 2.24) is 4.98 Å². The van der Waals surface area contributed by atoms with Crippen molar-refractivity contribution >= 4 is 11.5 Å². The van der Waals surface area contributed by atoms with Gasteiger partial charge in [-0.25, -0.2) is 0 Å². The number of nitrogens with zero attached hydrogens (tertiary/aromatic N) is 2. The number of ether oxygens (including phenoxy) is 1. The quantitative estimate of drug-likeness (QED) is 0.847. The van der Waals surface area contributed by atoms with Gasteiger partial charge in [-0.05, 0) is 44.2 Å². The summed E-state index contributed by atoms with van der Waals surface area (Å²) < 4.78 is 5.44. The molecule has 1 aliphatic heterocycles. The first kappa shape index (κ1) is 13.9. The molecular weight excluding hydrogens is 242 g/mol. The van der Waals surface area contributed by atoms with E-state index in [0.717, 1.165) is 31.7 Å². The van der Waals surface area contributed by atoms with E-state index in [-0.39, 0.29) is 6.61 Å². The average molecular weight is 265 g/mol. The molecule has 1 aromatic rings. The van der Waals surface area contributed by atoms with Crippen molar-refractivity contribution in [1.29, 1.82) is 0 Å². The maximum absolute atomic E-state index is 9.06. The minimum atomic E-state index is 0.262. The average Bonchev–Trinajstić information content (AvgIpc) is 2.42. The van der Waals surface area contributed by atoms with Gasteiger partial charge in [-0.3, -0.25) is 0 Å². The van der Waals surface area contributed by atoms with Gasteiger partial charge in [0.15, 0.2) is 0 Å². The highest BCUT2D eigenvalue weighted by molar-refractivity contribution is 5.54. The summed E-state index contributed by atoms with van der Waals surface area (Å²) in [6.45, 7) is 4.70. The van der Waals surface area contributed by atoms with Crippen molar-refractivity contribution in [3.63, 3.8) is 0 Å². The van der Waals surface area contributed by atoms with Gasteiger partial charge in [0, 0.05) is 19.7 Å². The lowest BCUT2D eigenvalue weighted by Crippen LogP contribution is -2.36. The third-order valence-electron chi connectivity index (χ3n) is 3.54. The zero-order valence-corrected chi connectivity index (χ0v) is 11.5. The van der Waals surface area contributed by atoms with Crippen LogP contribution >= 0.6 is 0 Å². The Morgan fingerprint density at radius 2 is 2.37 bits per heavy atom. The van der Waals surface area contributed by atoms with Crippen LogP contribution in [0, 0.1) is 5.92 Å². The van der Waals surface area contributed by atoms with Gasteiger partial charge in [0.05, 0.1) is 12.3 Å². The molecule has 0 bridgehead atoms. The fourth-order valence-electron chi connectivity index (χ4n) is 2.56. The van der Waals surface area contributed by atoms with Crippen molar-refractivity contribution in [2.24, 2.45) is 5.92 Å². The molecule has 0 amide bonds. The van der Waals surface area contributed by atoms with Crippen LogP contribution in [-0.2, 0) is 0 Å². The van der Waals surface area contributed by atoms with Crippen LogP contribution in [0.5, 0.6) is 5.88 Å². The molecule has 5 nitrogen and oxygen atoms in total. The number of hydrogen-bond donors (Lipinski definition) is 2. The van der Waals surface area contributed by atoms with Crippen LogP contribution < -0.4 is 15.4 Å². The summed E-state index contributed by atoms with van der Waals surface area (Å²) in [6, 6.07) is 3.79. The van der Waals surface area contributed by atoms with Gasteiger partial charge in [0.2, 0.25) is 5.88 Å². The summed E-state index contributed by atoms with van der Waals surface area (Å²) in [5.41, 5.74) is 6.42. The molecule has 2 rings (SSSR count). The highest BCUT2D eigenvalue weighted by Crippen LogP contribution is 2.27. The number of aliphatic hydroxyl groups is 1. The first-order valence-electron chi connectivity index (χ1n) is 6.99. The molecule has 1 saturated heterocycles. The SMILES string of the molecule is CCOc1nc(N2CCCC(CCO)C2)ccc1N. The van der Waals surface area contributed by atoms with Crippen molar-refractivity contribution in [2.75, 3.05) is 36.9 Å². The Labute approximate surface area is 114 Å². The molecule has 0 saturated carbocycles. The van der Waals surface area contributed by atoms with E-state index in [1.807, 2.05) is 19.1 Å². The summed E-state index contributed by atoms with van der Waals surface area (Å²) in [5, 5.41) is 9.06. The first-order chi connectivity index (χ1) is 9.24. The number of pyridine rings is 1. The second-order valence-electron chi connectivity index (χ2n) is 4.96. The number of piperidine rings is 1. The molecular formula is C14H23N3O2. The molecule has 1 fully saturated rings. The minimum Gasteiger partial charge on any atom is -0.476 e.